The lowest BCUT2D eigenvalue weighted by molar-refractivity contribution is -0.122. The second-order valence-corrected chi connectivity index (χ2v) is 5.98. The molecule has 0 N–H and O–H groups in total. The van der Waals surface area contributed by atoms with Crippen LogP contribution in [0.1, 0.15) is 18.4 Å². The van der Waals surface area contributed by atoms with E-state index in [-0.39, 0.29) is 23.7 Å². The van der Waals surface area contributed by atoms with Crippen molar-refractivity contribution in [3.8, 4) is 0 Å². The van der Waals surface area contributed by atoms with Crippen molar-refractivity contribution in [2.24, 2.45) is 11.8 Å². The molecule has 2 aliphatic rings. The summed E-state index contributed by atoms with van der Waals surface area (Å²) in [4.78, 5) is 26.2. The quantitative estimate of drug-likeness (QED) is 0.588. The molecule has 1 aromatic rings. The van der Waals surface area contributed by atoms with Crippen LogP contribution in [0.4, 0.5) is 5.69 Å². The van der Waals surface area contributed by atoms with Gasteiger partial charge in [0.1, 0.15) is 0 Å². The summed E-state index contributed by atoms with van der Waals surface area (Å²) in [5.41, 5.74) is 1.75. The number of halogens is 1. The Labute approximate surface area is 120 Å². The number of hydrogen-bond donors (Lipinski definition) is 0. The average Bonchev–Trinajstić information content (AvgIpc) is 2.64. The molecule has 0 spiro atoms. The molecule has 3 rings (SSSR count). The van der Waals surface area contributed by atoms with Gasteiger partial charge in [0.2, 0.25) is 11.8 Å². The number of carbonyl (C=O) groups is 2. The van der Waals surface area contributed by atoms with E-state index in [1.807, 2.05) is 37.3 Å². The highest BCUT2D eigenvalue weighted by Gasteiger charge is 2.48. The SMILES string of the molecule is Cc1ccc(N2C(=O)C3CC=CCC3C2=O)c(Br)c1. The molecule has 2 atom stereocenters. The lowest BCUT2D eigenvalue weighted by Crippen LogP contribution is -2.31. The van der Waals surface area contributed by atoms with Gasteiger partial charge in [-0.05, 0) is 53.4 Å². The van der Waals surface area contributed by atoms with Gasteiger partial charge < -0.3 is 0 Å². The third-order valence-electron chi connectivity index (χ3n) is 3.85. The number of aryl methyl sites for hydroxylation is 1. The molecule has 1 aromatic carbocycles. The van der Waals surface area contributed by atoms with E-state index in [9.17, 15) is 9.59 Å². The summed E-state index contributed by atoms with van der Waals surface area (Å²) in [5.74, 6) is -0.482. The number of rotatable bonds is 1. The van der Waals surface area contributed by atoms with Crippen LogP contribution in [0.15, 0.2) is 34.8 Å². The van der Waals surface area contributed by atoms with Crippen molar-refractivity contribution in [1.29, 1.82) is 0 Å². The second kappa shape index (κ2) is 4.60. The molecule has 2 unspecified atom stereocenters. The van der Waals surface area contributed by atoms with Crippen molar-refractivity contribution in [3.63, 3.8) is 0 Å². The van der Waals surface area contributed by atoms with Gasteiger partial charge >= 0.3 is 0 Å². The van der Waals surface area contributed by atoms with E-state index in [0.29, 0.717) is 18.5 Å². The van der Waals surface area contributed by atoms with Crippen molar-refractivity contribution >= 4 is 33.4 Å². The second-order valence-electron chi connectivity index (χ2n) is 5.12. The normalized spacial score (nSPS) is 25.9. The van der Waals surface area contributed by atoms with Gasteiger partial charge in [0.05, 0.1) is 17.5 Å². The molecule has 4 heteroatoms. The van der Waals surface area contributed by atoms with Crippen LogP contribution >= 0.6 is 15.9 Å². The zero-order chi connectivity index (χ0) is 13.6. The first-order valence-electron chi connectivity index (χ1n) is 6.38. The van der Waals surface area contributed by atoms with Gasteiger partial charge in [-0.25, -0.2) is 4.90 Å². The summed E-state index contributed by atoms with van der Waals surface area (Å²) in [6, 6.07) is 5.68. The maximum atomic E-state index is 12.4. The van der Waals surface area contributed by atoms with Crippen LogP contribution in [0.3, 0.4) is 0 Å². The smallest absolute Gasteiger partial charge is 0.238 e. The number of imide groups is 1. The van der Waals surface area contributed by atoms with E-state index >= 15 is 0 Å². The van der Waals surface area contributed by atoms with Crippen LogP contribution in [0.2, 0.25) is 0 Å². The number of carbonyl (C=O) groups excluding carboxylic acids is 2. The maximum Gasteiger partial charge on any atom is 0.238 e. The summed E-state index contributed by atoms with van der Waals surface area (Å²) >= 11 is 3.45. The number of benzene rings is 1. The first-order valence-corrected chi connectivity index (χ1v) is 7.18. The van der Waals surface area contributed by atoms with Gasteiger partial charge in [0.15, 0.2) is 0 Å². The predicted octanol–water partition coefficient (Wildman–Crippen LogP) is 3.21. The Balaban J connectivity index is 2.02. The Morgan fingerprint density at radius 3 is 2.21 bits per heavy atom. The third kappa shape index (κ3) is 1.94. The Hall–Kier alpha value is -1.42. The minimum atomic E-state index is -0.175. The Morgan fingerprint density at radius 2 is 1.68 bits per heavy atom. The molecular weight excluding hydrogens is 306 g/mol. The molecule has 1 heterocycles. The molecule has 0 radical (unpaired) electrons. The van der Waals surface area contributed by atoms with Crippen molar-refractivity contribution in [2.45, 2.75) is 19.8 Å². The molecule has 1 saturated heterocycles. The summed E-state index contributed by atoms with van der Waals surface area (Å²) < 4.78 is 0.792. The van der Waals surface area contributed by atoms with Crippen molar-refractivity contribution < 1.29 is 9.59 Å². The first kappa shape index (κ1) is 12.6. The van der Waals surface area contributed by atoms with Gasteiger partial charge in [-0.2, -0.15) is 0 Å². The number of fused-ring (bicyclic) bond motifs is 1. The number of hydrogen-bond acceptors (Lipinski definition) is 2. The monoisotopic (exact) mass is 319 g/mol. The fraction of sp³-hybridized carbons (Fsp3) is 0.333. The van der Waals surface area contributed by atoms with E-state index < -0.39 is 0 Å². The lowest BCUT2D eigenvalue weighted by Gasteiger charge is -2.16. The zero-order valence-corrected chi connectivity index (χ0v) is 12.2. The predicted molar refractivity (Wildman–Crippen MR) is 76.7 cm³/mol. The van der Waals surface area contributed by atoms with Crippen LogP contribution in [0.5, 0.6) is 0 Å². The molecule has 1 aliphatic heterocycles. The molecule has 0 bridgehead atoms. The highest BCUT2D eigenvalue weighted by Crippen LogP contribution is 2.40. The van der Waals surface area contributed by atoms with Crippen molar-refractivity contribution in [2.75, 3.05) is 4.90 Å². The molecule has 19 heavy (non-hydrogen) atoms. The fourth-order valence-electron chi connectivity index (χ4n) is 2.83. The molecule has 3 nitrogen and oxygen atoms in total. The number of anilines is 1. The summed E-state index contributed by atoms with van der Waals surface area (Å²) in [6.07, 6.45) is 5.35. The Kier molecular flexibility index (Phi) is 3.05. The van der Waals surface area contributed by atoms with Crippen LogP contribution < -0.4 is 4.90 Å². The Morgan fingerprint density at radius 1 is 1.11 bits per heavy atom. The summed E-state index contributed by atoms with van der Waals surface area (Å²) in [6.45, 7) is 1.98. The molecule has 1 aliphatic carbocycles. The van der Waals surface area contributed by atoms with Gasteiger partial charge in [0.25, 0.3) is 0 Å². The van der Waals surface area contributed by atoms with E-state index in [1.54, 1.807) is 0 Å². The highest BCUT2D eigenvalue weighted by molar-refractivity contribution is 9.10. The Bertz CT molecular complexity index is 568. The van der Waals surface area contributed by atoms with E-state index in [1.165, 1.54) is 4.90 Å². The summed E-state index contributed by atoms with van der Waals surface area (Å²) in [5, 5.41) is 0. The number of allylic oxidation sites excluding steroid dienone is 2. The molecule has 0 saturated carbocycles. The van der Waals surface area contributed by atoms with Gasteiger partial charge in [-0.3, -0.25) is 9.59 Å². The van der Waals surface area contributed by atoms with Gasteiger partial charge in [-0.15, -0.1) is 0 Å². The van der Waals surface area contributed by atoms with Gasteiger partial charge in [0, 0.05) is 4.47 Å². The summed E-state index contributed by atoms with van der Waals surface area (Å²) in [7, 11) is 0. The van der Waals surface area contributed by atoms with Gasteiger partial charge in [-0.1, -0.05) is 18.2 Å². The molecule has 0 aromatic heterocycles. The van der Waals surface area contributed by atoms with Crippen molar-refractivity contribution in [1.82, 2.24) is 0 Å². The van der Waals surface area contributed by atoms with Crippen LogP contribution in [-0.2, 0) is 9.59 Å². The molecule has 2 amide bonds. The lowest BCUT2D eigenvalue weighted by atomic mass is 9.85. The molecular formula is C15H14BrNO2. The van der Waals surface area contributed by atoms with Crippen LogP contribution in [0.25, 0.3) is 0 Å². The highest BCUT2D eigenvalue weighted by atomic mass is 79.9. The number of amides is 2. The largest absolute Gasteiger partial charge is 0.274 e. The average molecular weight is 320 g/mol. The minimum Gasteiger partial charge on any atom is -0.274 e. The van der Waals surface area contributed by atoms with E-state index in [0.717, 1.165) is 10.0 Å². The topological polar surface area (TPSA) is 37.4 Å². The first-order chi connectivity index (χ1) is 9.09. The number of nitrogens with zero attached hydrogens (tertiary/aromatic N) is 1. The standard InChI is InChI=1S/C15H14BrNO2/c1-9-6-7-13(12(16)8-9)17-14(18)10-4-2-3-5-11(10)15(17)19/h2-3,6-8,10-11H,4-5H2,1H3. The third-order valence-corrected chi connectivity index (χ3v) is 4.49. The maximum absolute atomic E-state index is 12.4. The van der Waals surface area contributed by atoms with E-state index in [2.05, 4.69) is 15.9 Å². The van der Waals surface area contributed by atoms with Crippen LogP contribution in [0, 0.1) is 18.8 Å². The van der Waals surface area contributed by atoms with Crippen molar-refractivity contribution in [3.05, 3.63) is 40.4 Å². The molecule has 98 valence electrons. The van der Waals surface area contributed by atoms with Crippen LogP contribution in [-0.4, -0.2) is 11.8 Å². The minimum absolute atomic E-state index is 0.0658. The fourth-order valence-corrected chi connectivity index (χ4v) is 3.50. The molecule has 1 fully saturated rings. The zero-order valence-electron chi connectivity index (χ0n) is 10.6. The van der Waals surface area contributed by atoms with E-state index in [4.69, 9.17) is 0 Å².